The number of carbonyl (C=O) groups excluding carboxylic acids is 2. The Morgan fingerprint density at radius 2 is 1.89 bits per heavy atom. The van der Waals surface area contributed by atoms with E-state index in [0.717, 1.165) is 24.1 Å². The highest BCUT2D eigenvalue weighted by molar-refractivity contribution is 5.92. The van der Waals surface area contributed by atoms with Gasteiger partial charge in [0.2, 0.25) is 11.8 Å². The Bertz CT molecular complexity index is 464. The minimum Gasteiger partial charge on any atom is -0.353 e. The van der Waals surface area contributed by atoms with E-state index in [1.807, 2.05) is 31.2 Å². The lowest BCUT2D eigenvalue weighted by molar-refractivity contribution is -0.121. The summed E-state index contributed by atoms with van der Waals surface area (Å²) in [6, 6.07) is 8.13. The fourth-order valence-electron chi connectivity index (χ4n) is 1.93. The molecule has 1 aliphatic carbocycles. The molecule has 0 atom stereocenters. The van der Waals surface area contributed by atoms with Crippen molar-refractivity contribution >= 4 is 17.5 Å². The molecule has 2 amide bonds. The number of amides is 2. The van der Waals surface area contributed by atoms with Crippen molar-refractivity contribution in [3.05, 3.63) is 29.8 Å². The molecule has 2 rings (SSSR count). The van der Waals surface area contributed by atoms with Gasteiger partial charge in [-0.1, -0.05) is 17.7 Å². The van der Waals surface area contributed by atoms with Crippen molar-refractivity contribution in [2.75, 3.05) is 11.4 Å². The smallest absolute Gasteiger partial charge is 0.223 e. The van der Waals surface area contributed by atoms with Crippen LogP contribution in [0.4, 0.5) is 5.69 Å². The third-order valence-corrected chi connectivity index (χ3v) is 3.23. The average Bonchev–Trinajstić information content (AvgIpc) is 3.15. The van der Waals surface area contributed by atoms with Gasteiger partial charge in [-0.25, -0.2) is 0 Å². The lowest BCUT2D eigenvalue weighted by Gasteiger charge is -2.21. The minimum absolute atomic E-state index is 0.0286. The van der Waals surface area contributed by atoms with Crippen LogP contribution in [0.15, 0.2) is 24.3 Å². The molecule has 0 heterocycles. The van der Waals surface area contributed by atoms with Crippen molar-refractivity contribution in [2.45, 2.75) is 39.2 Å². The fourth-order valence-corrected chi connectivity index (χ4v) is 1.93. The monoisotopic (exact) mass is 260 g/mol. The van der Waals surface area contributed by atoms with Crippen LogP contribution in [-0.2, 0) is 9.59 Å². The largest absolute Gasteiger partial charge is 0.353 e. The van der Waals surface area contributed by atoms with E-state index >= 15 is 0 Å². The maximum Gasteiger partial charge on any atom is 0.223 e. The van der Waals surface area contributed by atoms with Crippen molar-refractivity contribution in [1.29, 1.82) is 0 Å². The molecule has 1 aromatic carbocycles. The number of aryl methyl sites for hydroxylation is 1. The second-order valence-electron chi connectivity index (χ2n) is 5.10. The van der Waals surface area contributed by atoms with E-state index in [1.54, 1.807) is 4.90 Å². The van der Waals surface area contributed by atoms with Crippen LogP contribution < -0.4 is 10.2 Å². The first-order valence-corrected chi connectivity index (χ1v) is 6.70. The van der Waals surface area contributed by atoms with Crippen LogP contribution in [0, 0.1) is 6.92 Å². The molecule has 1 aliphatic rings. The molecule has 0 bridgehead atoms. The molecule has 0 radical (unpaired) electrons. The Kier molecular flexibility index (Phi) is 4.20. The Hall–Kier alpha value is -1.84. The lowest BCUT2D eigenvalue weighted by atomic mass is 10.2. The number of hydrogen-bond donors (Lipinski definition) is 1. The van der Waals surface area contributed by atoms with Gasteiger partial charge in [0, 0.05) is 31.6 Å². The Morgan fingerprint density at radius 3 is 2.42 bits per heavy atom. The van der Waals surface area contributed by atoms with Gasteiger partial charge in [-0.2, -0.15) is 0 Å². The maximum absolute atomic E-state index is 11.7. The number of hydrogen-bond acceptors (Lipinski definition) is 2. The Morgan fingerprint density at radius 1 is 1.26 bits per heavy atom. The molecule has 102 valence electrons. The predicted octanol–water partition coefficient (Wildman–Crippen LogP) is 2.02. The highest BCUT2D eigenvalue weighted by Gasteiger charge is 2.23. The number of carbonyl (C=O) groups is 2. The topological polar surface area (TPSA) is 49.4 Å². The molecular formula is C15H20N2O2. The molecule has 19 heavy (non-hydrogen) atoms. The molecule has 0 unspecified atom stereocenters. The second kappa shape index (κ2) is 5.87. The van der Waals surface area contributed by atoms with Crippen molar-refractivity contribution in [3.8, 4) is 0 Å². The van der Waals surface area contributed by atoms with Crippen molar-refractivity contribution in [1.82, 2.24) is 5.32 Å². The molecule has 0 spiro atoms. The third-order valence-electron chi connectivity index (χ3n) is 3.23. The minimum atomic E-state index is -0.0388. The van der Waals surface area contributed by atoms with E-state index in [0.29, 0.717) is 19.0 Å². The van der Waals surface area contributed by atoms with Crippen LogP contribution >= 0.6 is 0 Å². The van der Waals surface area contributed by atoms with Gasteiger partial charge in [-0.05, 0) is 31.9 Å². The summed E-state index contributed by atoms with van der Waals surface area (Å²) in [6.07, 6.45) is 2.52. The fraction of sp³-hybridized carbons (Fsp3) is 0.467. The highest BCUT2D eigenvalue weighted by atomic mass is 16.2. The number of nitrogens with zero attached hydrogens (tertiary/aromatic N) is 1. The van der Waals surface area contributed by atoms with Crippen molar-refractivity contribution in [2.24, 2.45) is 0 Å². The second-order valence-corrected chi connectivity index (χ2v) is 5.10. The number of nitrogens with one attached hydrogen (secondary N) is 1. The summed E-state index contributed by atoms with van der Waals surface area (Å²) >= 11 is 0. The first-order chi connectivity index (χ1) is 9.06. The number of rotatable bonds is 5. The molecule has 1 aromatic rings. The van der Waals surface area contributed by atoms with E-state index in [9.17, 15) is 9.59 Å². The normalized spacial score (nSPS) is 14.0. The molecule has 0 aliphatic heterocycles. The highest BCUT2D eigenvalue weighted by Crippen LogP contribution is 2.19. The summed E-state index contributed by atoms with van der Waals surface area (Å²) in [5, 5.41) is 2.93. The summed E-state index contributed by atoms with van der Waals surface area (Å²) in [7, 11) is 0. The molecule has 0 aromatic heterocycles. The van der Waals surface area contributed by atoms with Crippen LogP contribution in [0.2, 0.25) is 0 Å². The zero-order valence-electron chi connectivity index (χ0n) is 11.5. The lowest BCUT2D eigenvalue weighted by Crippen LogP contribution is -2.34. The van der Waals surface area contributed by atoms with Gasteiger partial charge in [0.1, 0.15) is 0 Å². The van der Waals surface area contributed by atoms with Gasteiger partial charge in [-0.15, -0.1) is 0 Å². The van der Waals surface area contributed by atoms with Gasteiger partial charge in [-0.3, -0.25) is 9.59 Å². The number of benzene rings is 1. The summed E-state index contributed by atoms with van der Waals surface area (Å²) in [6.45, 7) is 3.96. The van der Waals surface area contributed by atoms with E-state index in [4.69, 9.17) is 0 Å². The first-order valence-electron chi connectivity index (χ1n) is 6.70. The third kappa shape index (κ3) is 4.09. The van der Waals surface area contributed by atoms with E-state index in [1.165, 1.54) is 6.92 Å². The summed E-state index contributed by atoms with van der Waals surface area (Å²) in [5.41, 5.74) is 2.00. The van der Waals surface area contributed by atoms with Crippen LogP contribution in [0.3, 0.4) is 0 Å². The van der Waals surface area contributed by atoms with Gasteiger partial charge in [0.05, 0.1) is 0 Å². The first kappa shape index (κ1) is 13.6. The predicted molar refractivity (Wildman–Crippen MR) is 75.0 cm³/mol. The molecule has 0 saturated heterocycles. The molecule has 4 heteroatoms. The van der Waals surface area contributed by atoms with E-state index < -0.39 is 0 Å². The van der Waals surface area contributed by atoms with Gasteiger partial charge >= 0.3 is 0 Å². The van der Waals surface area contributed by atoms with Gasteiger partial charge in [0.15, 0.2) is 0 Å². The standard InChI is InChI=1S/C15H20N2O2/c1-11-3-7-14(8-4-11)17(12(2)18)10-9-15(19)16-13-5-6-13/h3-4,7-8,13H,5-6,9-10H2,1-2H3,(H,16,19). The van der Waals surface area contributed by atoms with Crippen molar-refractivity contribution < 1.29 is 9.59 Å². The molecule has 4 nitrogen and oxygen atoms in total. The van der Waals surface area contributed by atoms with Crippen LogP contribution in [-0.4, -0.2) is 24.4 Å². The van der Waals surface area contributed by atoms with Crippen LogP contribution in [0.1, 0.15) is 31.7 Å². The SMILES string of the molecule is CC(=O)N(CCC(=O)NC1CC1)c1ccc(C)cc1. The van der Waals surface area contributed by atoms with Gasteiger partial charge < -0.3 is 10.2 Å². The molecule has 1 fully saturated rings. The van der Waals surface area contributed by atoms with E-state index in [2.05, 4.69) is 5.32 Å². The summed E-state index contributed by atoms with van der Waals surface area (Å²) in [4.78, 5) is 25.0. The maximum atomic E-state index is 11.7. The summed E-state index contributed by atoms with van der Waals surface area (Å²) < 4.78 is 0. The number of anilines is 1. The molecule has 1 saturated carbocycles. The van der Waals surface area contributed by atoms with Crippen LogP contribution in [0.25, 0.3) is 0 Å². The quantitative estimate of drug-likeness (QED) is 0.880. The summed E-state index contributed by atoms with van der Waals surface area (Å²) in [5.74, 6) is -0.0102. The van der Waals surface area contributed by atoms with Gasteiger partial charge in [0.25, 0.3) is 0 Å². The molecular weight excluding hydrogens is 240 g/mol. The Balaban J connectivity index is 1.93. The average molecular weight is 260 g/mol. The van der Waals surface area contributed by atoms with Crippen molar-refractivity contribution in [3.63, 3.8) is 0 Å². The van der Waals surface area contributed by atoms with E-state index in [-0.39, 0.29) is 11.8 Å². The Labute approximate surface area is 113 Å². The van der Waals surface area contributed by atoms with Crippen LogP contribution in [0.5, 0.6) is 0 Å². The zero-order valence-corrected chi connectivity index (χ0v) is 11.5. The molecule has 1 N–H and O–H groups in total. The zero-order chi connectivity index (χ0) is 13.8.